The zero-order chi connectivity index (χ0) is 22.8. The van der Waals surface area contributed by atoms with Crippen molar-refractivity contribution in [1.29, 1.82) is 0 Å². The number of halogens is 2. The maximum Gasteiger partial charge on any atom is 0.338 e. The maximum atomic E-state index is 12.1. The fourth-order valence-corrected chi connectivity index (χ4v) is 2.65. The van der Waals surface area contributed by atoms with Crippen LogP contribution in [-0.2, 0) is 14.3 Å². The van der Waals surface area contributed by atoms with Gasteiger partial charge in [0.25, 0.3) is 11.8 Å². The normalized spacial score (nSPS) is 11.2. The number of rotatable bonds is 9. The minimum atomic E-state index is -0.931. The Morgan fingerprint density at radius 3 is 2.39 bits per heavy atom. The van der Waals surface area contributed by atoms with E-state index in [0.29, 0.717) is 22.9 Å². The van der Waals surface area contributed by atoms with Crippen LogP contribution in [-0.4, -0.2) is 37.1 Å². The molecule has 0 aliphatic heterocycles. The van der Waals surface area contributed by atoms with Crippen LogP contribution in [0.1, 0.15) is 30.6 Å². The van der Waals surface area contributed by atoms with Crippen LogP contribution in [0, 0.1) is 0 Å². The molecule has 0 fully saturated rings. The van der Waals surface area contributed by atoms with Crippen molar-refractivity contribution in [2.24, 2.45) is 0 Å². The van der Waals surface area contributed by atoms with E-state index in [9.17, 15) is 14.4 Å². The third-order valence-corrected chi connectivity index (χ3v) is 4.32. The van der Waals surface area contributed by atoms with Crippen LogP contribution in [0.3, 0.4) is 0 Å². The van der Waals surface area contributed by atoms with Crippen LogP contribution < -0.4 is 20.3 Å². The molecule has 0 heterocycles. The molecule has 0 radical (unpaired) electrons. The number of ether oxygens (including phenoxy) is 3. The molecule has 31 heavy (non-hydrogen) atoms. The second-order valence-corrected chi connectivity index (χ2v) is 7.16. The van der Waals surface area contributed by atoms with Gasteiger partial charge in [-0.25, -0.2) is 4.79 Å². The third kappa shape index (κ3) is 7.99. The molecule has 2 N–H and O–H groups in total. The van der Waals surface area contributed by atoms with E-state index < -0.39 is 23.9 Å². The molecule has 0 saturated heterocycles. The van der Waals surface area contributed by atoms with Gasteiger partial charge >= 0.3 is 5.97 Å². The lowest BCUT2D eigenvalue weighted by Gasteiger charge is -2.16. The highest BCUT2D eigenvalue weighted by atomic mass is 35.5. The molecule has 1 unspecified atom stereocenters. The van der Waals surface area contributed by atoms with E-state index in [1.54, 1.807) is 18.2 Å². The van der Waals surface area contributed by atoms with Gasteiger partial charge in [0.1, 0.15) is 11.5 Å². The first kappa shape index (κ1) is 24.3. The summed E-state index contributed by atoms with van der Waals surface area (Å²) >= 11 is 11.8. The molecule has 166 valence electrons. The Morgan fingerprint density at radius 1 is 1.03 bits per heavy atom. The summed E-state index contributed by atoms with van der Waals surface area (Å²) in [4.78, 5) is 35.7. The summed E-state index contributed by atoms with van der Waals surface area (Å²) in [6.45, 7) is 3.40. The summed E-state index contributed by atoms with van der Waals surface area (Å²) in [7, 11) is 0. The van der Waals surface area contributed by atoms with Crippen molar-refractivity contribution in [2.45, 2.75) is 26.4 Å². The third-order valence-electron chi connectivity index (χ3n) is 3.79. The summed E-state index contributed by atoms with van der Waals surface area (Å²) < 4.78 is 15.8. The second kappa shape index (κ2) is 12.0. The predicted molar refractivity (Wildman–Crippen MR) is 115 cm³/mol. The molecule has 0 bridgehead atoms. The van der Waals surface area contributed by atoms with Crippen molar-refractivity contribution in [2.75, 3.05) is 13.2 Å². The second-order valence-electron chi connectivity index (χ2n) is 6.32. The van der Waals surface area contributed by atoms with E-state index in [-0.39, 0.29) is 17.4 Å². The van der Waals surface area contributed by atoms with E-state index in [4.69, 9.17) is 37.4 Å². The molecule has 0 aliphatic carbocycles. The van der Waals surface area contributed by atoms with Crippen LogP contribution in [0.5, 0.6) is 11.5 Å². The number of amides is 2. The largest absolute Gasteiger partial charge is 0.484 e. The average molecular weight is 469 g/mol. The Labute approximate surface area is 189 Å². The molecular weight excluding hydrogens is 447 g/mol. The minimum Gasteiger partial charge on any atom is -0.484 e. The minimum absolute atomic E-state index is 0.259. The number of carbonyl (C=O) groups excluding carboxylic acids is 3. The molecule has 2 rings (SSSR count). The molecule has 8 nitrogen and oxygen atoms in total. The lowest BCUT2D eigenvalue weighted by molar-refractivity contribution is -0.133. The van der Waals surface area contributed by atoms with Crippen molar-refractivity contribution in [3.63, 3.8) is 0 Å². The van der Waals surface area contributed by atoms with Crippen molar-refractivity contribution in [3.8, 4) is 11.5 Å². The first-order valence-corrected chi connectivity index (χ1v) is 10.2. The quantitative estimate of drug-likeness (QED) is 0.430. The van der Waals surface area contributed by atoms with E-state index in [2.05, 4.69) is 10.9 Å². The van der Waals surface area contributed by atoms with Crippen LogP contribution in [0.4, 0.5) is 0 Å². The summed E-state index contributed by atoms with van der Waals surface area (Å²) in [5.41, 5.74) is 4.85. The first-order valence-electron chi connectivity index (χ1n) is 9.40. The average Bonchev–Trinajstić information content (AvgIpc) is 2.76. The molecule has 0 aliphatic rings. The Kier molecular flexibility index (Phi) is 9.42. The van der Waals surface area contributed by atoms with Crippen molar-refractivity contribution in [1.82, 2.24) is 10.9 Å². The van der Waals surface area contributed by atoms with Crippen LogP contribution in [0.2, 0.25) is 10.0 Å². The van der Waals surface area contributed by atoms with Gasteiger partial charge in [-0.3, -0.25) is 20.4 Å². The van der Waals surface area contributed by atoms with Gasteiger partial charge in [0, 0.05) is 5.02 Å². The zero-order valence-electron chi connectivity index (χ0n) is 16.9. The zero-order valence-corrected chi connectivity index (χ0v) is 18.5. The van der Waals surface area contributed by atoms with Gasteiger partial charge in [-0.15, -0.1) is 0 Å². The van der Waals surface area contributed by atoms with Gasteiger partial charge < -0.3 is 14.2 Å². The molecule has 0 aromatic heterocycles. The molecule has 2 amide bonds. The standard InChI is InChI=1S/C21H22Cl2N2O6/c1-3-10-29-21(28)14-4-7-16(8-5-14)30-12-19(26)24-25-20(27)13(2)31-18-9-6-15(22)11-17(18)23/h4-9,11,13H,3,10,12H2,1-2H3,(H,24,26)(H,25,27). The summed E-state index contributed by atoms with van der Waals surface area (Å²) in [5, 5.41) is 0.696. The number of benzene rings is 2. The molecule has 10 heteroatoms. The van der Waals surface area contributed by atoms with Gasteiger partial charge in [-0.1, -0.05) is 30.1 Å². The van der Waals surface area contributed by atoms with Crippen LogP contribution in [0.25, 0.3) is 0 Å². The number of hydrogen-bond acceptors (Lipinski definition) is 6. The lowest BCUT2D eigenvalue weighted by atomic mass is 10.2. The fraction of sp³-hybridized carbons (Fsp3) is 0.286. The highest BCUT2D eigenvalue weighted by Gasteiger charge is 2.17. The fourth-order valence-electron chi connectivity index (χ4n) is 2.20. The Morgan fingerprint density at radius 2 is 1.74 bits per heavy atom. The highest BCUT2D eigenvalue weighted by molar-refractivity contribution is 6.35. The summed E-state index contributed by atoms with van der Waals surface area (Å²) in [6.07, 6.45) is -0.196. The Balaban J connectivity index is 1.74. The maximum absolute atomic E-state index is 12.1. The SMILES string of the molecule is CCCOC(=O)c1ccc(OCC(=O)NNC(=O)C(C)Oc2ccc(Cl)cc2Cl)cc1. The molecule has 2 aromatic rings. The van der Waals surface area contributed by atoms with Gasteiger partial charge in [0.05, 0.1) is 17.2 Å². The number of esters is 1. The van der Waals surface area contributed by atoms with Crippen LogP contribution >= 0.6 is 23.2 Å². The number of hydrogen-bond donors (Lipinski definition) is 2. The van der Waals surface area contributed by atoms with Gasteiger partial charge in [-0.2, -0.15) is 0 Å². The number of nitrogens with one attached hydrogen (secondary N) is 2. The van der Waals surface area contributed by atoms with Gasteiger partial charge in [0.2, 0.25) is 0 Å². The van der Waals surface area contributed by atoms with Crippen LogP contribution in [0.15, 0.2) is 42.5 Å². The first-order chi connectivity index (χ1) is 14.8. The number of carbonyl (C=O) groups is 3. The van der Waals surface area contributed by atoms with E-state index in [1.807, 2.05) is 6.92 Å². The number of hydrazine groups is 1. The highest BCUT2D eigenvalue weighted by Crippen LogP contribution is 2.28. The molecule has 2 aromatic carbocycles. The van der Waals surface area contributed by atoms with Crippen molar-refractivity contribution >= 4 is 41.0 Å². The van der Waals surface area contributed by atoms with Gasteiger partial charge in [0.15, 0.2) is 12.7 Å². The molecule has 0 saturated carbocycles. The topological polar surface area (TPSA) is 103 Å². The van der Waals surface area contributed by atoms with E-state index in [1.165, 1.54) is 31.2 Å². The smallest absolute Gasteiger partial charge is 0.338 e. The molecule has 0 spiro atoms. The lowest BCUT2D eigenvalue weighted by Crippen LogP contribution is -2.48. The summed E-state index contributed by atoms with van der Waals surface area (Å²) in [6, 6.07) is 10.8. The molecular formula is C21H22Cl2N2O6. The van der Waals surface area contributed by atoms with Crippen molar-refractivity contribution < 1.29 is 28.6 Å². The van der Waals surface area contributed by atoms with E-state index in [0.717, 1.165) is 6.42 Å². The Bertz CT molecular complexity index is 921. The van der Waals surface area contributed by atoms with Gasteiger partial charge in [-0.05, 0) is 55.8 Å². The molecule has 1 atom stereocenters. The monoisotopic (exact) mass is 468 g/mol. The predicted octanol–water partition coefficient (Wildman–Crippen LogP) is 3.55. The summed E-state index contributed by atoms with van der Waals surface area (Å²) in [5.74, 6) is -0.941. The van der Waals surface area contributed by atoms with Crippen molar-refractivity contribution in [3.05, 3.63) is 58.1 Å². The van der Waals surface area contributed by atoms with E-state index >= 15 is 0 Å². The Hall–Kier alpha value is -2.97.